The standard InChI is InChI=1S/C40H68N2O6/c1-9-45-34(36(5,6)44)26-18-24(2)31-32(47-26)33(43)38(8)28-11-10-27-35(3,4)29(12-13-39(27)23-40(28,39)15-14-37(31,38)7)48-30-22-42(16-17-46-30)21-25-19-41-20-25/h24-34,41,43-44H,9-23H2,1-8H3/t24-,26?,27+,28?,29+,30+,31+,32?,33+,34+,37-,38-,39-,40+/m1/s1. The maximum absolute atomic E-state index is 12.6. The van der Waals surface area contributed by atoms with E-state index in [-0.39, 0.29) is 40.8 Å². The summed E-state index contributed by atoms with van der Waals surface area (Å²) in [4.78, 5) is 2.57. The highest BCUT2D eigenvalue weighted by molar-refractivity contribution is 5.33. The predicted molar refractivity (Wildman–Crippen MR) is 185 cm³/mol. The van der Waals surface area contributed by atoms with Crippen molar-refractivity contribution in [2.45, 2.75) is 149 Å². The van der Waals surface area contributed by atoms with Crippen LogP contribution in [0.2, 0.25) is 0 Å². The van der Waals surface area contributed by atoms with Crippen LogP contribution in [0.15, 0.2) is 0 Å². The third-order valence-corrected chi connectivity index (χ3v) is 17.0. The fourth-order valence-electron chi connectivity index (χ4n) is 14.6. The molecule has 0 aromatic carbocycles. The minimum atomic E-state index is -1.01. The molecule has 8 fully saturated rings. The third-order valence-electron chi connectivity index (χ3n) is 17.0. The van der Waals surface area contributed by atoms with E-state index in [9.17, 15) is 10.2 Å². The number of hydrogen-bond acceptors (Lipinski definition) is 8. The summed E-state index contributed by atoms with van der Waals surface area (Å²) in [6.07, 6.45) is 8.20. The Balaban J connectivity index is 1.01. The van der Waals surface area contributed by atoms with E-state index < -0.39 is 17.8 Å². The molecule has 14 atom stereocenters. The Morgan fingerprint density at radius 2 is 1.75 bits per heavy atom. The number of rotatable bonds is 8. The van der Waals surface area contributed by atoms with Gasteiger partial charge < -0.3 is 34.5 Å². The van der Waals surface area contributed by atoms with Crippen LogP contribution in [0.4, 0.5) is 0 Å². The first-order chi connectivity index (χ1) is 22.6. The van der Waals surface area contributed by atoms with Crippen molar-refractivity contribution in [3.8, 4) is 0 Å². The number of hydrogen-bond donors (Lipinski definition) is 3. The molecule has 3 N–H and O–H groups in total. The zero-order valence-electron chi connectivity index (χ0n) is 31.4. The van der Waals surface area contributed by atoms with Crippen LogP contribution in [-0.4, -0.2) is 103 Å². The summed E-state index contributed by atoms with van der Waals surface area (Å²) in [7, 11) is 0. The quantitative estimate of drug-likeness (QED) is 0.323. The summed E-state index contributed by atoms with van der Waals surface area (Å²) in [5.74, 6) is 2.64. The van der Waals surface area contributed by atoms with Gasteiger partial charge in [-0.3, -0.25) is 4.90 Å². The highest BCUT2D eigenvalue weighted by Gasteiger charge is 2.84. The summed E-state index contributed by atoms with van der Waals surface area (Å²) >= 11 is 0. The van der Waals surface area contributed by atoms with Gasteiger partial charge in [0.2, 0.25) is 0 Å². The SMILES string of the molecule is CCO[C@@H](C1C[C@@H](C)[C@H]2C(O1)[C@H](O)[C@@]1(C)C3CC[C@H]4C(C)(C)[C@@H](O[C@H]5CN(CC6CNC6)CCO5)CC[C@@]45C[C@@]35CC[C@]21C)C(C)(C)O. The molecule has 8 aliphatic rings. The fraction of sp³-hybridized carbons (Fsp3) is 1.00. The fourth-order valence-corrected chi connectivity index (χ4v) is 14.6. The zero-order chi connectivity index (χ0) is 34.1. The molecule has 5 aliphatic carbocycles. The summed E-state index contributed by atoms with van der Waals surface area (Å²) in [6.45, 7) is 24.7. The third kappa shape index (κ3) is 4.74. The summed E-state index contributed by atoms with van der Waals surface area (Å²) in [5, 5.41) is 27.1. The van der Waals surface area contributed by atoms with Crippen LogP contribution in [0.25, 0.3) is 0 Å². The molecule has 8 rings (SSSR count). The number of ether oxygens (including phenoxy) is 4. The van der Waals surface area contributed by atoms with Gasteiger partial charge in [-0.25, -0.2) is 0 Å². The summed E-state index contributed by atoms with van der Waals surface area (Å²) in [5.41, 5.74) is -0.397. The largest absolute Gasteiger partial charge is 0.390 e. The lowest BCUT2D eigenvalue weighted by Crippen LogP contribution is -2.60. The average Bonchev–Trinajstić information content (AvgIpc) is 3.63. The molecule has 48 heavy (non-hydrogen) atoms. The minimum Gasteiger partial charge on any atom is -0.390 e. The Labute approximate surface area is 290 Å². The van der Waals surface area contributed by atoms with Gasteiger partial charge in [0.05, 0.1) is 36.6 Å². The van der Waals surface area contributed by atoms with Crippen LogP contribution < -0.4 is 5.32 Å². The van der Waals surface area contributed by atoms with Crippen LogP contribution >= 0.6 is 0 Å². The Hall–Kier alpha value is -0.320. The molecule has 5 saturated carbocycles. The van der Waals surface area contributed by atoms with Gasteiger partial charge in [-0.1, -0.05) is 34.6 Å². The van der Waals surface area contributed by atoms with Crippen molar-refractivity contribution in [3.63, 3.8) is 0 Å². The molecular weight excluding hydrogens is 604 g/mol. The molecule has 2 spiro atoms. The van der Waals surface area contributed by atoms with Gasteiger partial charge in [0, 0.05) is 44.7 Å². The van der Waals surface area contributed by atoms with E-state index in [4.69, 9.17) is 18.9 Å². The summed E-state index contributed by atoms with van der Waals surface area (Å²) in [6, 6.07) is 0. The van der Waals surface area contributed by atoms with E-state index in [0.29, 0.717) is 41.1 Å². The first kappa shape index (κ1) is 34.7. The first-order valence-corrected chi connectivity index (χ1v) is 20.0. The van der Waals surface area contributed by atoms with Crippen LogP contribution in [0.3, 0.4) is 0 Å². The molecule has 0 radical (unpaired) electrons. The lowest BCUT2D eigenvalue weighted by molar-refractivity contribution is -0.249. The number of aliphatic hydroxyl groups is 2. The molecular formula is C40H68N2O6. The molecule has 0 aromatic heterocycles. The van der Waals surface area contributed by atoms with Crippen molar-refractivity contribution in [2.24, 2.45) is 56.7 Å². The number of aliphatic hydroxyl groups excluding tert-OH is 1. The van der Waals surface area contributed by atoms with E-state index in [0.717, 1.165) is 58.1 Å². The van der Waals surface area contributed by atoms with Gasteiger partial charge >= 0.3 is 0 Å². The minimum absolute atomic E-state index is 0.0272. The first-order valence-electron chi connectivity index (χ1n) is 20.0. The molecule has 274 valence electrons. The monoisotopic (exact) mass is 673 g/mol. The van der Waals surface area contributed by atoms with E-state index in [2.05, 4.69) is 44.8 Å². The van der Waals surface area contributed by atoms with E-state index >= 15 is 0 Å². The van der Waals surface area contributed by atoms with Crippen molar-refractivity contribution in [3.05, 3.63) is 0 Å². The predicted octanol–water partition coefficient (Wildman–Crippen LogP) is 5.24. The van der Waals surface area contributed by atoms with Crippen molar-refractivity contribution in [1.82, 2.24) is 10.2 Å². The van der Waals surface area contributed by atoms with E-state index in [1.165, 1.54) is 38.5 Å². The molecule has 3 saturated heterocycles. The lowest BCUT2D eigenvalue weighted by atomic mass is 9.41. The molecule has 3 heterocycles. The summed E-state index contributed by atoms with van der Waals surface area (Å²) < 4.78 is 26.3. The van der Waals surface area contributed by atoms with Crippen LogP contribution in [0, 0.1) is 56.7 Å². The molecule has 3 unspecified atom stereocenters. The number of nitrogens with zero attached hydrogens (tertiary/aromatic N) is 1. The van der Waals surface area contributed by atoms with Crippen molar-refractivity contribution in [1.29, 1.82) is 0 Å². The normalized spacial score (nSPS) is 52.2. The van der Waals surface area contributed by atoms with Crippen molar-refractivity contribution in [2.75, 3.05) is 45.9 Å². The molecule has 8 nitrogen and oxygen atoms in total. The Morgan fingerprint density at radius 3 is 2.44 bits per heavy atom. The molecule has 8 heteroatoms. The molecule has 3 aliphatic heterocycles. The van der Waals surface area contributed by atoms with Gasteiger partial charge in [0.25, 0.3) is 0 Å². The topological polar surface area (TPSA) is 92.7 Å². The van der Waals surface area contributed by atoms with E-state index in [1.807, 2.05) is 20.8 Å². The molecule has 0 bridgehead atoms. The van der Waals surface area contributed by atoms with E-state index in [1.54, 1.807) is 0 Å². The van der Waals surface area contributed by atoms with Crippen molar-refractivity contribution >= 4 is 0 Å². The molecule has 0 aromatic rings. The molecule has 0 amide bonds. The zero-order valence-corrected chi connectivity index (χ0v) is 31.4. The Kier molecular flexibility index (Phi) is 8.39. The highest BCUT2D eigenvalue weighted by Crippen LogP contribution is 2.89. The van der Waals surface area contributed by atoms with Gasteiger partial charge in [0.15, 0.2) is 6.29 Å². The van der Waals surface area contributed by atoms with Crippen molar-refractivity contribution < 1.29 is 29.2 Å². The van der Waals surface area contributed by atoms with Gasteiger partial charge in [-0.05, 0) is 123 Å². The van der Waals surface area contributed by atoms with Crippen LogP contribution in [0.1, 0.15) is 107 Å². The Bertz CT molecular complexity index is 1220. The number of morpholine rings is 1. The van der Waals surface area contributed by atoms with Gasteiger partial charge in [0.1, 0.15) is 6.10 Å². The highest BCUT2D eigenvalue weighted by atomic mass is 16.7. The number of fused-ring (bicyclic) bond motifs is 4. The maximum Gasteiger partial charge on any atom is 0.170 e. The average molecular weight is 673 g/mol. The van der Waals surface area contributed by atoms with Crippen LogP contribution in [0.5, 0.6) is 0 Å². The smallest absolute Gasteiger partial charge is 0.170 e. The second kappa shape index (κ2) is 11.6. The number of nitrogens with one attached hydrogen (secondary N) is 1. The Morgan fingerprint density at radius 1 is 1.02 bits per heavy atom. The lowest BCUT2D eigenvalue weighted by Gasteiger charge is -2.64. The second-order valence-corrected chi connectivity index (χ2v) is 19.8. The van der Waals surface area contributed by atoms with Crippen LogP contribution in [-0.2, 0) is 18.9 Å². The van der Waals surface area contributed by atoms with Gasteiger partial charge in [-0.15, -0.1) is 0 Å². The second-order valence-electron chi connectivity index (χ2n) is 19.8. The van der Waals surface area contributed by atoms with Gasteiger partial charge in [-0.2, -0.15) is 0 Å². The maximum atomic E-state index is 12.6.